The van der Waals surface area contributed by atoms with Crippen LogP contribution in [0.3, 0.4) is 0 Å². The second kappa shape index (κ2) is 8.55. The Morgan fingerprint density at radius 3 is 2.64 bits per heavy atom. The summed E-state index contributed by atoms with van der Waals surface area (Å²) in [5, 5.41) is 2.57. The maximum atomic E-state index is 12.5. The van der Waals surface area contributed by atoms with Crippen LogP contribution in [0.1, 0.15) is 12.0 Å². The summed E-state index contributed by atoms with van der Waals surface area (Å²) in [5.41, 5.74) is 0.976. The van der Waals surface area contributed by atoms with E-state index >= 15 is 0 Å². The topological polar surface area (TPSA) is 58.6 Å². The van der Waals surface area contributed by atoms with Crippen LogP contribution in [0.5, 0.6) is 5.75 Å². The van der Waals surface area contributed by atoms with E-state index in [4.69, 9.17) is 0 Å². The maximum Gasteiger partial charge on any atom is 0.573 e. The molecule has 1 heterocycles. The number of fused-ring (bicyclic) bond motifs is 1. The van der Waals surface area contributed by atoms with E-state index in [1.165, 1.54) is 30.0 Å². The number of thioether (sulfide) groups is 1. The Morgan fingerprint density at radius 1 is 1.14 bits per heavy atom. The van der Waals surface area contributed by atoms with Gasteiger partial charge in [-0.15, -0.1) is 24.9 Å². The number of carbonyl (C=O) groups is 2. The zero-order valence-electron chi connectivity index (χ0n) is 14.7. The molecule has 0 aliphatic carbocycles. The van der Waals surface area contributed by atoms with Gasteiger partial charge in [0.2, 0.25) is 11.8 Å². The number of benzene rings is 2. The highest BCUT2D eigenvalue weighted by Gasteiger charge is 2.32. The molecule has 2 amide bonds. The average molecular weight is 410 g/mol. The first-order valence-electron chi connectivity index (χ1n) is 8.46. The van der Waals surface area contributed by atoms with Gasteiger partial charge in [0, 0.05) is 30.0 Å². The number of rotatable bonds is 6. The van der Waals surface area contributed by atoms with Crippen LogP contribution < -0.4 is 15.0 Å². The van der Waals surface area contributed by atoms with Crippen molar-refractivity contribution in [2.75, 3.05) is 17.2 Å². The van der Waals surface area contributed by atoms with Crippen molar-refractivity contribution in [1.82, 2.24) is 5.32 Å². The SMILES string of the molecule is O=C(CCN1C(=O)CSc2ccccc21)NCc1ccccc1OC(F)(F)F. The van der Waals surface area contributed by atoms with Crippen molar-refractivity contribution >= 4 is 29.3 Å². The summed E-state index contributed by atoms with van der Waals surface area (Å²) in [7, 11) is 0. The Kier molecular flexibility index (Phi) is 6.13. The summed E-state index contributed by atoms with van der Waals surface area (Å²) in [4.78, 5) is 26.9. The van der Waals surface area contributed by atoms with Gasteiger partial charge in [-0.3, -0.25) is 9.59 Å². The van der Waals surface area contributed by atoms with E-state index in [1.54, 1.807) is 11.0 Å². The molecule has 0 saturated carbocycles. The molecule has 2 aromatic carbocycles. The number of alkyl halides is 3. The van der Waals surface area contributed by atoms with Crippen molar-refractivity contribution < 1.29 is 27.5 Å². The minimum absolute atomic E-state index is 0.0348. The molecule has 0 spiro atoms. The van der Waals surface area contributed by atoms with E-state index in [-0.39, 0.29) is 42.6 Å². The molecule has 148 valence electrons. The normalized spacial score (nSPS) is 13.8. The molecule has 1 aliphatic rings. The fraction of sp³-hybridized carbons (Fsp3) is 0.263. The first-order chi connectivity index (χ1) is 13.3. The van der Waals surface area contributed by atoms with E-state index < -0.39 is 6.36 Å². The minimum Gasteiger partial charge on any atom is -0.405 e. The summed E-state index contributed by atoms with van der Waals surface area (Å²) in [6.07, 6.45) is -4.77. The van der Waals surface area contributed by atoms with Gasteiger partial charge in [0.05, 0.1) is 11.4 Å². The van der Waals surface area contributed by atoms with Crippen molar-refractivity contribution in [2.24, 2.45) is 0 Å². The molecular formula is C19H17F3N2O3S. The average Bonchev–Trinajstić information content (AvgIpc) is 2.65. The number of amides is 2. The largest absolute Gasteiger partial charge is 0.573 e. The highest BCUT2D eigenvalue weighted by Crippen LogP contribution is 2.34. The second-order valence-electron chi connectivity index (χ2n) is 5.98. The number of hydrogen-bond acceptors (Lipinski definition) is 4. The van der Waals surface area contributed by atoms with E-state index in [1.807, 2.05) is 24.3 Å². The molecule has 1 N–H and O–H groups in total. The Hall–Kier alpha value is -2.68. The summed E-state index contributed by atoms with van der Waals surface area (Å²) in [6, 6.07) is 13.1. The number of anilines is 1. The van der Waals surface area contributed by atoms with Crippen LogP contribution in [-0.4, -0.2) is 30.5 Å². The first-order valence-corrected chi connectivity index (χ1v) is 9.44. The highest BCUT2D eigenvalue weighted by atomic mass is 32.2. The smallest absolute Gasteiger partial charge is 0.405 e. The van der Waals surface area contributed by atoms with Gasteiger partial charge in [-0.05, 0) is 18.2 Å². The molecule has 9 heteroatoms. The molecule has 0 fully saturated rings. The third-order valence-corrected chi connectivity index (χ3v) is 5.09. The van der Waals surface area contributed by atoms with Gasteiger partial charge >= 0.3 is 6.36 Å². The molecule has 3 rings (SSSR count). The van der Waals surface area contributed by atoms with Gasteiger partial charge in [0.1, 0.15) is 5.75 Å². The van der Waals surface area contributed by atoms with Crippen molar-refractivity contribution in [3.63, 3.8) is 0 Å². The third kappa shape index (κ3) is 5.19. The third-order valence-electron chi connectivity index (χ3n) is 4.05. The van der Waals surface area contributed by atoms with Crippen LogP contribution in [0.2, 0.25) is 0 Å². The predicted octanol–water partition coefficient (Wildman–Crippen LogP) is 3.73. The van der Waals surface area contributed by atoms with E-state index in [2.05, 4.69) is 10.1 Å². The summed E-state index contributed by atoms with van der Waals surface area (Å²) in [6.45, 7) is 0.0917. The van der Waals surface area contributed by atoms with Gasteiger partial charge in [-0.1, -0.05) is 30.3 Å². The monoisotopic (exact) mass is 410 g/mol. The lowest BCUT2D eigenvalue weighted by Gasteiger charge is -2.28. The van der Waals surface area contributed by atoms with Gasteiger partial charge in [0.15, 0.2) is 0 Å². The number of nitrogens with zero attached hydrogens (tertiary/aromatic N) is 1. The minimum atomic E-state index is -4.81. The lowest BCUT2D eigenvalue weighted by molar-refractivity contribution is -0.274. The molecule has 0 bridgehead atoms. The van der Waals surface area contributed by atoms with Gasteiger partial charge in [-0.2, -0.15) is 0 Å². The molecule has 0 saturated heterocycles. The molecule has 1 aliphatic heterocycles. The van der Waals surface area contributed by atoms with Crippen LogP contribution >= 0.6 is 11.8 Å². The van der Waals surface area contributed by atoms with Crippen LogP contribution in [0.25, 0.3) is 0 Å². The second-order valence-corrected chi connectivity index (χ2v) is 7.00. The first kappa shape index (κ1) is 20.1. The van der Waals surface area contributed by atoms with Crippen LogP contribution in [-0.2, 0) is 16.1 Å². The summed E-state index contributed by atoms with van der Waals surface area (Å²) < 4.78 is 41.3. The van der Waals surface area contributed by atoms with Crippen molar-refractivity contribution in [3.05, 3.63) is 54.1 Å². The zero-order chi connectivity index (χ0) is 20.1. The number of carbonyl (C=O) groups excluding carboxylic acids is 2. The zero-order valence-corrected chi connectivity index (χ0v) is 15.5. The van der Waals surface area contributed by atoms with E-state index in [0.29, 0.717) is 5.75 Å². The number of nitrogens with one attached hydrogen (secondary N) is 1. The molecule has 5 nitrogen and oxygen atoms in total. The highest BCUT2D eigenvalue weighted by molar-refractivity contribution is 8.00. The predicted molar refractivity (Wildman–Crippen MR) is 99.1 cm³/mol. The Balaban J connectivity index is 1.57. The lowest BCUT2D eigenvalue weighted by atomic mass is 10.2. The van der Waals surface area contributed by atoms with Gasteiger partial charge in [-0.25, -0.2) is 0 Å². The molecule has 0 radical (unpaired) electrons. The molecule has 0 unspecified atom stereocenters. The van der Waals surface area contributed by atoms with Gasteiger partial charge < -0.3 is 15.0 Å². The quantitative estimate of drug-likeness (QED) is 0.789. The summed E-state index contributed by atoms with van der Waals surface area (Å²) in [5.74, 6) is -0.501. The standard InChI is InChI=1S/C19H17F3N2O3S/c20-19(21,22)27-15-7-3-1-5-13(15)11-23-17(25)9-10-24-14-6-2-4-8-16(14)28-12-18(24)26/h1-8H,9-12H2,(H,23,25). The van der Waals surface area contributed by atoms with Crippen LogP contribution in [0, 0.1) is 0 Å². The maximum absolute atomic E-state index is 12.5. The van der Waals surface area contributed by atoms with Crippen molar-refractivity contribution in [2.45, 2.75) is 24.2 Å². The fourth-order valence-corrected chi connectivity index (χ4v) is 3.70. The number of para-hydroxylation sites is 2. The Morgan fingerprint density at radius 2 is 1.86 bits per heavy atom. The molecule has 2 aromatic rings. The number of ether oxygens (including phenoxy) is 1. The number of halogens is 3. The Bertz CT molecular complexity index is 873. The molecule has 0 atom stereocenters. The molecular weight excluding hydrogens is 393 g/mol. The van der Waals surface area contributed by atoms with Crippen LogP contribution in [0.4, 0.5) is 18.9 Å². The van der Waals surface area contributed by atoms with Gasteiger partial charge in [0.25, 0.3) is 0 Å². The fourth-order valence-electron chi connectivity index (χ4n) is 2.77. The number of hydrogen-bond donors (Lipinski definition) is 1. The van der Waals surface area contributed by atoms with E-state index in [0.717, 1.165) is 10.6 Å². The Labute approximate surface area is 163 Å². The lowest BCUT2D eigenvalue weighted by Crippen LogP contribution is -2.38. The van der Waals surface area contributed by atoms with Crippen LogP contribution in [0.15, 0.2) is 53.4 Å². The van der Waals surface area contributed by atoms with E-state index in [9.17, 15) is 22.8 Å². The summed E-state index contributed by atoms with van der Waals surface area (Å²) >= 11 is 1.45. The molecule has 28 heavy (non-hydrogen) atoms. The van der Waals surface area contributed by atoms with Crippen molar-refractivity contribution in [1.29, 1.82) is 0 Å². The van der Waals surface area contributed by atoms with Crippen molar-refractivity contribution in [3.8, 4) is 5.75 Å². The molecule has 0 aromatic heterocycles.